The smallest absolute Gasteiger partial charge is 0.264 e. The largest absolute Gasteiger partial charge is 0.350 e. The molecule has 2 amide bonds. The van der Waals surface area contributed by atoms with Gasteiger partial charge in [0.1, 0.15) is 12.6 Å². The van der Waals surface area contributed by atoms with Gasteiger partial charge in [-0.2, -0.15) is 0 Å². The van der Waals surface area contributed by atoms with E-state index in [0.717, 1.165) is 15.4 Å². The molecule has 0 radical (unpaired) electrons. The highest BCUT2D eigenvalue weighted by Gasteiger charge is 2.34. The third-order valence-corrected chi connectivity index (χ3v) is 9.04. The van der Waals surface area contributed by atoms with Crippen LogP contribution in [0, 0.1) is 20.8 Å². The minimum Gasteiger partial charge on any atom is -0.350 e. The molecule has 0 unspecified atom stereocenters. The van der Waals surface area contributed by atoms with Gasteiger partial charge in [-0.25, -0.2) is 8.42 Å². The Morgan fingerprint density at radius 2 is 1.49 bits per heavy atom. The lowest BCUT2D eigenvalue weighted by Gasteiger charge is -2.34. The average Bonchev–Trinajstić information content (AvgIpc) is 2.88. The molecule has 1 atom stereocenters. The third kappa shape index (κ3) is 8.24. The lowest BCUT2D eigenvalue weighted by atomic mass is 10.1. The number of hydrogen-bond donors (Lipinski definition) is 1. The van der Waals surface area contributed by atoms with Crippen molar-refractivity contribution in [3.63, 3.8) is 0 Å². The second kappa shape index (κ2) is 12.8. The van der Waals surface area contributed by atoms with Crippen LogP contribution in [0.1, 0.15) is 49.9 Å². The summed E-state index contributed by atoms with van der Waals surface area (Å²) in [4.78, 5) is 28.8. The molecule has 1 N–H and O–H groups in total. The van der Waals surface area contributed by atoms with E-state index >= 15 is 0 Å². The normalized spacial score (nSPS) is 12.5. The van der Waals surface area contributed by atoms with Crippen LogP contribution in [0.3, 0.4) is 0 Å². The van der Waals surface area contributed by atoms with Crippen LogP contribution in [-0.4, -0.2) is 43.3 Å². The first-order valence-electron chi connectivity index (χ1n) is 13.2. The maximum absolute atomic E-state index is 14.1. The monoisotopic (exact) mass is 617 g/mol. The van der Waals surface area contributed by atoms with Gasteiger partial charge in [0.05, 0.1) is 20.6 Å². The molecular formula is C31H37Cl2N3O4S. The van der Waals surface area contributed by atoms with Crippen LogP contribution in [-0.2, 0) is 26.2 Å². The number of nitrogens with one attached hydrogen (secondary N) is 1. The van der Waals surface area contributed by atoms with Crippen LogP contribution in [0.4, 0.5) is 5.69 Å². The number of aryl methyl sites for hydroxylation is 3. The van der Waals surface area contributed by atoms with Crippen molar-refractivity contribution in [1.29, 1.82) is 0 Å². The van der Waals surface area contributed by atoms with Crippen molar-refractivity contribution in [1.82, 2.24) is 10.2 Å². The minimum absolute atomic E-state index is 0.0136. The van der Waals surface area contributed by atoms with E-state index in [-0.39, 0.29) is 17.3 Å². The first kappa shape index (κ1) is 32.4. The maximum atomic E-state index is 14.1. The lowest BCUT2D eigenvalue weighted by molar-refractivity contribution is -0.140. The minimum atomic E-state index is -4.15. The number of carbonyl (C=O) groups is 2. The molecule has 10 heteroatoms. The van der Waals surface area contributed by atoms with Gasteiger partial charge in [-0.05, 0) is 95.5 Å². The average molecular weight is 619 g/mol. The Kier molecular flexibility index (Phi) is 10.2. The zero-order valence-electron chi connectivity index (χ0n) is 24.5. The van der Waals surface area contributed by atoms with E-state index in [4.69, 9.17) is 23.2 Å². The molecule has 0 aromatic heterocycles. The van der Waals surface area contributed by atoms with Gasteiger partial charge in [0.2, 0.25) is 11.8 Å². The predicted octanol–water partition coefficient (Wildman–Crippen LogP) is 6.45. The molecule has 0 spiro atoms. The molecule has 0 fully saturated rings. The number of hydrogen-bond acceptors (Lipinski definition) is 4. The molecule has 0 aliphatic carbocycles. The number of rotatable bonds is 9. The van der Waals surface area contributed by atoms with Gasteiger partial charge >= 0.3 is 0 Å². The molecule has 3 rings (SSSR count). The van der Waals surface area contributed by atoms with Crippen LogP contribution in [0.5, 0.6) is 0 Å². The van der Waals surface area contributed by atoms with Gasteiger partial charge < -0.3 is 10.2 Å². The summed E-state index contributed by atoms with van der Waals surface area (Å²) in [5.41, 5.74) is 2.93. The Balaban J connectivity index is 2.09. The summed E-state index contributed by atoms with van der Waals surface area (Å²) in [5, 5.41) is 3.58. The van der Waals surface area contributed by atoms with E-state index in [2.05, 4.69) is 5.32 Å². The summed E-state index contributed by atoms with van der Waals surface area (Å²) in [6, 6.07) is 16.0. The van der Waals surface area contributed by atoms with Crippen LogP contribution >= 0.6 is 23.2 Å². The number of anilines is 1. The SMILES string of the molecule is Cc1ccc(S(=O)(=O)N(CC(=O)N(Cc2ccc(Cl)c(Cl)c2)[C@H](C)C(=O)NC(C)(C)C)c2cc(C)ccc2C)cc1. The topological polar surface area (TPSA) is 86.8 Å². The van der Waals surface area contributed by atoms with Gasteiger partial charge in [-0.3, -0.25) is 13.9 Å². The van der Waals surface area contributed by atoms with Crippen molar-refractivity contribution < 1.29 is 18.0 Å². The Morgan fingerprint density at radius 3 is 2.07 bits per heavy atom. The molecule has 0 heterocycles. The number of benzene rings is 3. The molecular weight excluding hydrogens is 581 g/mol. The van der Waals surface area contributed by atoms with Gasteiger partial charge in [-0.15, -0.1) is 0 Å². The molecule has 220 valence electrons. The first-order valence-corrected chi connectivity index (χ1v) is 15.4. The zero-order chi connectivity index (χ0) is 30.7. The summed E-state index contributed by atoms with van der Waals surface area (Å²) in [6.45, 7) is 12.2. The van der Waals surface area contributed by atoms with E-state index in [9.17, 15) is 18.0 Å². The highest BCUT2D eigenvalue weighted by atomic mass is 35.5. The fraction of sp³-hybridized carbons (Fsp3) is 0.355. The van der Waals surface area contributed by atoms with E-state index in [0.29, 0.717) is 26.9 Å². The summed E-state index contributed by atoms with van der Waals surface area (Å²) in [6.07, 6.45) is 0. The predicted molar refractivity (Wildman–Crippen MR) is 166 cm³/mol. The molecule has 3 aromatic carbocycles. The number of halogens is 2. The van der Waals surface area contributed by atoms with E-state index in [1.165, 1.54) is 17.0 Å². The van der Waals surface area contributed by atoms with Crippen molar-refractivity contribution in [2.75, 3.05) is 10.8 Å². The van der Waals surface area contributed by atoms with Crippen LogP contribution in [0.2, 0.25) is 10.0 Å². The van der Waals surface area contributed by atoms with Crippen molar-refractivity contribution in [2.24, 2.45) is 0 Å². The molecule has 0 saturated carbocycles. The summed E-state index contributed by atoms with van der Waals surface area (Å²) in [5.74, 6) is -0.921. The Hall–Kier alpha value is -3.07. The lowest BCUT2D eigenvalue weighted by Crippen LogP contribution is -2.54. The van der Waals surface area contributed by atoms with E-state index in [1.54, 1.807) is 50.2 Å². The number of nitrogens with zero attached hydrogens (tertiary/aromatic N) is 2. The van der Waals surface area contributed by atoms with Crippen molar-refractivity contribution in [3.05, 3.63) is 93.0 Å². The Morgan fingerprint density at radius 1 is 0.878 bits per heavy atom. The maximum Gasteiger partial charge on any atom is 0.264 e. The summed E-state index contributed by atoms with van der Waals surface area (Å²) >= 11 is 12.3. The van der Waals surface area contributed by atoms with Crippen LogP contribution in [0.25, 0.3) is 0 Å². The second-order valence-corrected chi connectivity index (χ2v) is 14.0. The van der Waals surface area contributed by atoms with E-state index in [1.807, 2.05) is 46.8 Å². The van der Waals surface area contributed by atoms with Crippen molar-refractivity contribution in [2.45, 2.75) is 71.5 Å². The van der Waals surface area contributed by atoms with Gasteiger partial charge in [0.25, 0.3) is 10.0 Å². The van der Waals surface area contributed by atoms with Crippen LogP contribution in [0.15, 0.2) is 65.6 Å². The zero-order valence-corrected chi connectivity index (χ0v) is 26.8. The number of carbonyl (C=O) groups excluding carboxylic acids is 2. The molecule has 0 aliphatic heterocycles. The van der Waals surface area contributed by atoms with Gasteiger partial charge in [-0.1, -0.05) is 59.1 Å². The van der Waals surface area contributed by atoms with Crippen molar-refractivity contribution >= 4 is 50.7 Å². The molecule has 0 aliphatic rings. The highest BCUT2D eigenvalue weighted by molar-refractivity contribution is 7.92. The summed E-state index contributed by atoms with van der Waals surface area (Å²) < 4.78 is 29.2. The van der Waals surface area contributed by atoms with Crippen molar-refractivity contribution in [3.8, 4) is 0 Å². The number of amides is 2. The molecule has 0 bridgehead atoms. The molecule has 41 heavy (non-hydrogen) atoms. The second-order valence-electron chi connectivity index (χ2n) is 11.3. The molecule has 0 saturated heterocycles. The first-order chi connectivity index (χ1) is 19.0. The number of sulfonamides is 1. The van der Waals surface area contributed by atoms with E-state index < -0.39 is 34.1 Å². The Bertz CT molecular complexity index is 1530. The summed E-state index contributed by atoms with van der Waals surface area (Å²) in [7, 11) is -4.15. The molecule has 7 nitrogen and oxygen atoms in total. The standard InChI is InChI=1S/C31H37Cl2N3O4S/c1-20-9-13-25(14-10-20)41(39,40)36(28-16-21(2)8-11-22(28)3)19-29(37)35(23(4)30(38)34-31(5,6)7)18-24-12-15-26(32)27(33)17-24/h8-17,23H,18-19H2,1-7H3,(H,34,38)/t23-/m1/s1. The van der Waals surface area contributed by atoms with Gasteiger partial charge in [0.15, 0.2) is 0 Å². The van der Waals surface area contributed by atoms with Gasteiger partial charge in [0, 0.05) is 12.1 Å². The fourth-order valence-electron chi connectivity index (χ4n) is 4.23. The van der Waals surface area contributed by atoms with Crippen LogP contribution < -0.4 is 9.62 Å². The fourth-order valence-corrected chi connectivity index (χ4v) is 6.02. The Labute approximate surface area is 253 Å². The highest BCUT2D eigenvalue weighted by Crippen LogP contribution is 2.29. The molecule has 3 aromatic rings. The quantitative estimate of drug-likeness (QED) is 0.299. The third-order valence-electron chi connectivity index (χ3n) is 6.52.